The van der Waals surface area contributed by atoms with Crippen molar-refractivity contribution >= 4 is 11.1 Å². The van der Waals surface area contributed by atoms with Crippen molar-refractivity contribution in [1.82, 2.24) is 0 Å². The Morgan fingerprint density at radius 2 is 0.694 bits per heavy atom. The maximum atomic E-state index is 7.68. The Morgan fingerprint density at radius 3 is 1.08 bits per heavy atom. The predicted octanol–water partition coefficient (Wildman–Crippen LogP) is 12.2. The van der Waals surface area contributed by atoms with E-state index in [0.29, 0.717) is 0 Å². The molecule has 0 radical (unpaired) electrons. The van der Waals surface area contributed by atoms with Crippen LogP contribution in [0.3, 0.4) is 0 Å². The molecule has 0 N–H and O–H groups in total. The van der Waals surface area contributed by atoms with Crippen LogP contribution in [0.2, 0.25) is 0 Å². The first-order chi connectivity index (χ1) is 24.3. The zero-order valence-corrected chi connectivity index (χ0v) is 29.7. The average Bonchev–Trinajstić information content (AvgIpc) is 3.88. The molecule has 236 valence electrons. The van der Waals surface area contributed by atoms with Crippen molar-refractivity contribution < 1.29 is 26.8 Å². The summed E-state index contributed by atoms with van der Waals surface area (Å²) in [6.45, 7) is 0. The molecular weight excluding hydrogens is 676 g/mol. The van der Waals surface area contributed by atoms with Gasteiger partial charge in [-0.05, 0) is 0 Å². The van der Waals surface area contributed by atoms with Crippen LogP contribution in [0.5, 0.6) is 11.5 Å². The van der Waals surface area contributed by atoms with Gasteiger partial charge in [0.15, 0.2) is 0 Å². The van der Waals surface area contributed by atoms with Gasteiger partial charge < -0.3 is 0 Å². The van der Waals surface area contributed by atoms with Crippen LogP contribution < -0.4 is 5.63 Å². The Morgan fingerprint density at radius 1 is 0.347 bits per heavy atom. The monoisotopic (exact) mass is 710 g/mol. The Labute approximate surface area is 294 Å². The molecule has 0 amide bonds. The maximum absolute atomic E-state index is 7.68. The average molecular weight is 712 g/mol. The Kier molecular flexibility index (Phi) is 8.93. The Balaban J connectivity index is 1.37. The summed E-state index contributed by atoms with van der Waals surface area (Å²) < 4.78 is 17.9. The van der Waals surface area contributed by atoms with Crippen LogP contribution in [0.4, 0.5) is 0 Å². The van der Waals surface area contributed by atoms with E-state index in [4.69, 9.17) is 5.63 Å². The molecule has 6 aromatic rings. The van der Waals surface area contributed by atoms with Gasteiger partial charge in [-0.25, -0.2) is 0 Å². The number of allylic oxidation sites excluding steroid dienone is 8. The second-order valence-electron chi connectivity index (χ2n) is 12.3. The van der Waals surface area contributed by atoms with Crippen molar-refractivity contribution in [2.75, 3.05) is 0 Å². The van der Waals surface area contributed by atoms with E-state index in [1.54, 1.807) is 0 Å². The summed E-state index contributed by atoms with van der Waals surface area (Å²) in [5.41, 5.74) is 9.34. The summed E-state index contributed by atoms with van der Waals surface area (Å²) in [6, 6.07) is 59.5. The SMILES string of the molecule is C1=CC(c2ccccc2)=[C]([Zr]([O]c2cccc(-c3ccccc3)c2)([O]c2cccc(-c3ccccc3)c2)[C]2=C(c3ccccc3)C=CC2)C1. The third-order valence-electron chi connectivity index (χ3n) is 9.23. The van der Waals surface area contributed by atoms with Gasteiger partial charge in [0.2, 0.25) is 0 Å². The van der Waals surface area contributed by atoms with Crippen LogP contribution in [-0.2, 0) is 21.1 Å². The van der Waals surface area contributed by atoms with E-state index in [9.17, 15) is 0 Å². The Bertz CT molecular complexity index is 2040. The van der Waals surface area contributed by atoms with E-state index in [1.165, 1.54) is 28.8 Å². The molecule has 8 rings (SSSR count). The molecule has 0 unspecified atom stereocenters. The molecule has 3 heteroatoms. The van der Waals surface area contributed by atoms with Gasteiger partial charge in [0.1, 0.15) is 0 Å². The van der Waals surface area contributed by atoms with Gasteiger partial charge in [0.05, 0.1) is 0 Å². The number of benzene rings is 6. The molecule has 0 spiro atoms. The fraction of sp³-hybridized carbons (Fsp3) is 0.0435. The van der Waals surface area contributed by atoms with E-state index >= 15 is 0 Å². The first kappa shape index (κ1) is 31.1. The number of hydrogen-bond donors (Lipinski definition) is 0. The third-order valence-corrected chi connectivity index (χ3v) is 18.0. The molecule has 0 saturated heterocycles. The van der Waals surface area contributed by atoms with Gasteiger partial charge in [0, 0.05) is 0 Å². The zero-order valence-electron chi connectivity index (χ0n) is 27.2. The predicted molar refractivity (Wildman–Crippen MR) is 199 cm³/mol. The number of rotatable bonds is 10. The quantitative estimate of drug-likeness (QED) is 0.141. The first-order valence-electron chi connectivity index (χ1n) is 16.9. The molecule has 49 heavy (non-hydrogen) atoms. The molecule has 0 atom stereocenters. The summed E-state index contributed by atoms with van der Waals surface area (Å²) in [5.74, 6) is 1.66. The van der Waals surface area contributed by atoms with Gasteiger partial charge in [-0.1, -0.05) is 0 Å². The summed E-state index contributed by atoms with van der Waals surface area (Å²) in [7, 11) is 0. The van der Waals surface area contributed by atoms with Crippen LogP contribution in [0, 0.1) is 0 Å². The molecule has 2 aliphatic rings. The first-order valence-corrected chi connectivity index (χ1v) is 21.3. The van der Waals surface area contributed by atoms with E-state index in [0.717, 1.165) is 46.6 Å². The van der Waals surface area contributed by atoms with Gasteiger partial charge in [0.25, 0.3) is 0 Å². The normalized spacial score (nSPS) is 14.0. The minimum atomic E-state index is -4.67. The molecule has 0 fully saturated rings. The van der Waals surface area contributed by atoms with Crippen LogP contribution in [0.25, 0.3) is 33.4 Å². The van der Waals surface area contributed by atoms with Crippen LogP contribution in [0.1, 0.15) is 24.0 Å². The molecular formula is C46H36O2Zr. The topological polar surface area (TPSA) is 18.5 Å². The van der Waals surface area contributed by atoms with Crippen LogP contribution in [0.15, 0.2) is 201 Å². The van der Waals surface area contributed by atoms with E-state index in [1.807, 2.05) is 0 Å². The molecule has 0 saturated carbocycles. The molecule has 6 aromatic carbocycles. The molecule has 0 bridgehead atoms. The third kappa shape index (κ3) is 6.47. The Hall–Kier alpha value is -5.24. The minimum absolute atomic E-state index is 0.780. The molecule has 0 heterocycles. The van der Waals surface area contributed by atoms with Gasteiger partial charge >= 0.3 is 296 Å². The summed E-state index contributed by atoms with van der Waals surface area (Å²) in [5, 5.41) is 0. The van der Waals surface area contributed by atoms with Crippen molar-refractivity contribution in [3.05, 3.63) is 212 Å². The van der Waals surface area contributed by atoms with Crippen LogP contribution >= 0.6 is 0 Å². The van der Waals surface area contributed by atoms with Gasteiger partial charge in [-0.2, -0.15) is 0 Å². The summed E-state index contributed by atoms with van der Waals surface area (Å²) >= 11 is -4.67. The fourth-order valence-electron chi connectivity index (χ4n) is 6.93. The second kappa shape index (κ2) is 14.1. The van der Waals surface area contributed by atoms with Gasteiger partial charge in [-0.3, -0.25) is 0 Å². The molecule has 2 aliphatic carbocycles. The van der Waals surface area contributed by atoms with Crippen molar-refractivity contribution in [1.29, 1.82) is 0 Å². The second-order valence-corrected chi connectivity index (χ2v) is 19.3. The van der Waals surface area contributed by atoms with Crippen LogP contribution in [-0.4, -0.2) is 0 Å². The van der Waals surface area contributed by atoms with E-state index in [2.05, 4.69) is 194 Å². The fourth-order valence-corrected chi connectivity index (χ4v) is 16.2. The van der Waals surface area contributed by atoms with E-state index in [-0.39, 0.29) is 0 Å². The molecule has 0 aliphatic heterocycles. The number of hydrogen-bond acceptors (Lipinski definition) is 2. The summed E-state index contributed by atoms with van der Waals surface area (Å²) in [4.78, 5) is 0. The molecule has 0 aromatic heterocycles. The molecule has 2 nitrogen and oxygen atoms in total. The zero-order chi connectivity index (χ0) is 32.9. The van der Waals surface area contributed by atoms with Crippen molar-refractivity contribution in [2.45, 2.75) is 12.8 Å². The standard InChI is InChI=1S/2C12H10O.2C11H9.Zr/c2*13-12-8-4-7-11(9-12)10-5-2-1-3-6-10;2*1-2-6-10(7-3-1)11-8-4-5-9-11;/h2*1-9,13H;2*1-4,6-8H,5H2;/q;;;;+2/p-2. The van der Waals surface area contributed by atoms with Gasteiger partial charge in [-0.15, -0.1) is 0 Å². The van der Waals surface area contributed by atoms with Crippen molar-refractivity contribution in [3.8, 4) is 33.8 Å². The van der Waals surface area contributed by atoms with Crippen molar-refractivity contribution in [3.63, 3.8) is 0 Å². The summed E-state index contributed by atoms with van der Waals surface area (Å²) in [6.07, 6.45) is 10.7. The van der Waals surface area contributed by atoms with Crippen molar-refractivity contribution in [2.24, 2.45) is 0 Å². The van der Waals surface area contributed by atoms with E-state index < -0.39 is 21.1 Å².